The number of alkyl halides is 2. The van der Waals surface area contributed by atoms with Gasteiger partial charge in [0.25, 0.3) is 12.2 Å². The van der Waals surface area contributed by atoms with Gasteiger partial charge in [-0.2, -0.15) is 0 Å². The summed E-state index contributed by atoms with van der Waals surface area (Å²) in [4.78, 5) is 20.6. The summed E-state index contributed by atoms with van der Waals surface area (Å²) in [6.45, 7) is 7.19. The summed E-state index contributed by atoms with van der Waals surface area (Å²) in [5.74, 6) is 0.858. The lowest BCUT2D eigenvalue weighted by Gasteiger charge is -2.15. The average Bonchev–Trinajstić information content (AvgIpc) is 3.51. The first-order valence-corrected chi connectivity index (χ1v) is 11.1. The summed E-state index contributed by atoms with van der Waals surface area (Å²) >= 11 is 0. The van der Waals surface area contributed by atoms with Gasteiger partial charge < -0.3 is 19.5 Å². The van der Waals surface area contributed by atoms with E-state index in [1.54, 1.807) is 43.9 Å². The molecule has 180 valence electrons. The molecule has 0 bridgehead atoms. The van der Waals surface area contributed by atoms with Gasteiger partial charge in [0, 0.05) is 19.0 Å². The minimum Gasteiger partial charge on any atom is -0.495 e. The molecule has 5 rings (SSSR count). The van der Waals surface area contributed by atoms with E-state index in [1.165, 1.54) is 0 Å². The highest BCUT2D eigenvalue weighted by molar-refractivity contribution is 5.98. The zero-order valence-electron chi connectivity index (χ0n) is 19.5. The number of hydrogen-bond acceptors (Lipinski definition) is 6. The van der Waals surface area contributed by atoms with Crippen molar-refractivity contribution in [3.05, 3.63) is 83.5 Å². The Hall–Kier alpha value is -4.65. The SMILES string of the molecule is [C-]#[N+]c1cccc(Cc2cc(Nc3ccc(-c4cncn4C)cc3OC)c3c(n2)CC(C(F)F)=N3)n1. The third-order valence-electron chi connectivity index (χ3n) is 5.83. The van der Waals surface area contributed by atoms with Gasteiger partial charge in [0.1, 0.15) is 17.1 Å². The van der Waals surface area contributed by atoms with Gasteiger partial charge in [-0.3, -0.25) is 4.98 Å². The molecule has 0 aliphatic carbocycles. The third-order valence-corrected chi connectivity index (χ3v) is 5.83. The molecule has 0 fully saturated rings. The summed E-state index contributed by atoms with van der Waals surface area (Å²) in [6, 6.07) is 12.6. The molecule has 8 nitrogen and oxygen atoms in total. The summed E-state index contributed by atoms with van der Waals surface area (Å²) in [5, 5.41) is 3.31. The largest absolute Gasteiger partial charge is 0.495 e. The Balaban J connectivity index is 1.53. The molecule has 0 spiro atoms. The number of anilines is 2. The third kappa shape index (κ3) is 4.51. The monoisotopic (exact) mass is 485 g/mol. The number of fused-ring (bicyclic) bond motifs is 1. The van der Waals surface area contributed by atoms with Crippen LogP contribution >= 0.6 is 0 Å². The molecule has 1 N–H and O–H groups in total. The van der Waals surface area contributed by atoms with Crippen LogP contribution in [0.3, 0.4) is 0 Å². The number of aliphatic imine (C=N–C) groups is 1. The number of rotatable bonds is 7. The lowest BCUT2D eigenvalue weighted by Crippen LogP contribution is -2.10. The van der Waals surface area contributed by atoms with Gasteiger partial charge in [-0.15, -0.1) is 4.98 Å². The lowest BCUT2D eigenvalue weighted by molar-refractivity contribution is 0.224. The van der Waals surface area contributed by atoms with Gasteiger partial charge >= 0.3 is 0 Å². The zero-order valence-corrected chi connectivity index (χ0v) is 19.5. The summed E-state index contributed by atoms with van der Waals surface area (Å²) in [6.07, 6.45) is 1.13. The number of imidazole rings is 1. The highest BCUT2D eigenvalue weighted by Gasteiger charge is 2.26. The van der Waals surface area contributed by atoms with Crippen LogP contribution in [0.15, 0.2) is 60.0 Å². The van der Waals surface area contributed by atoms with E-state index in [4.69, 9.17) is 11.3 Å². The minimum atomic E-state index is -2.67. The highest BCUT2D eigenvalue weighted by atomic mass is 19.3. The molecule has 0 unspecified atom stereocenters. The summed E-state index contributed by atoms with van der Waals surface area (Å²) in [7, 11) is 3.48. The van der Waals surface area contributed by atoms with E-state index in [-0.39, 0.29) is 18.0 Å². The second-order valence-corrected chi connectivity index (χ2v) is 8.24. The van der Waals surface area contributed by atoms with Crippen LogP contribution in [0, 0.1) is 6.57 Å². The van der Waals surface area contributed by atoms with Gasteiger partial charge in [-0.25, -0.2) is 18.8 Å². The fraction of sp³-hybridized carbons (Fsp3) is 0.192. The van der Waals surface area contributed by atoms with Crippen molar-refractivity contribution < 1.29 is 13.5 Å². The molecule has 0 saturated carbocycles. The second kappa shape index (κ2) is 9.54. The van der Waals surface area contributed by atoms with Crippen LogP contribution < -0.4 is 10.1 Å². The van der Waals surface area contributed by atoms with E-state index in [1.807, 2.05) is 29.8 Å². The number of pyridine rings is 2. The molecule has 0 atom stereocenters. The molecule has 4 aromatic rings. The Morgan fingerprint density at radius 1 is 1.14 bits per heavy atom. The quantitative estimate of drug-likeness (QED) is 0.342. The predicted molar refractivity (Wildman–Crippen MR) is 133 cm³/mol. The number of ether oxygens (including phenoxy) is 1. The van der Waals surface area contributed by atoms with Crippen LogP contribution in [0.1, 0.15) is 17.1 Å². The molecule has 1 aromatic carbocycles. The normalized spacial score (nSPS) is 12.3. The van der Waals surface area contributed by atoms with Gasteiger partial charge in [0.2, 0.25) is 0 Å². The van der Waals surface area contributed by atoms with Crippen LogP contribution in [0.2, 0.25) is 0 Å². The van der Waals surface area contributed by atoms with Crippen LogP contribution in [-0.4, -0.2) is 38.8 Å². The molecule has 4 heterocycles. The number of hydrogen-bond donors (Lipinski definition) is 1. The Labute approximate surface area is 206 Å². The smallest absolute Gasteiger partial charge is 0.277 e. The standard InChI is InChI=1S/C26H21F2N7O/c1-29-24-6-4-5-16(32-24)10-17-11-19(25-20(31-17)12-21(34-25)26(27)28)33-18-8-7-15(9-23(18)36-3)22-13-30-14-35(22)2/h4-9,11,13-14,26H,10,12H2,2-3H3,(H,31,33). The van der Waals surface area contributed by atoms with Crippen molar-refractivity contribution in [1.29, 1.82) is 0 Å². The Kier molecular flexibility index (Phi) is 6.12. The van der Waals surface area contributed by atoms with Crippen molar-refractivity contribution in [1.82, 2.24) is 19.5 Å². The molecule has 1 aliphatic rings. The van der Waals surface area contributed by atoms with Gasteiger partial charge in [-0.1, -0.05) is 18.7 Å². The predicted octanol–water partition coefficient (Wildman–Crippen LogP) is 5.66. The summed E-state index contributed by atoms with van der Waals surface area (Å²) < 4.78 is 34.5. The molecule has 1 aliphatic heterocycles. The first-order valence-electron chi connectivity index (χ1n) is 11.1. The van der Waals surface area contributed by atoms with Crippen LogP contribution in [-0.2, 0) is 19.9 Å². The van der Waals surface area contributed by atoms with Gasteiger partial charge in [0.15, 0.2) is 0 Å². The van der Waals surface area contributed by atoms with Crippen molar-refractivity contribution in [3.63, 3.8) is 0 Å². The number of aromatic nitrogens is 4. The first kappa shape index (κ1) is 23.1. The molecule has 0 amide bonds. The second-order valence-electron chi connectivity index (χ2n) is 8.24. The Morgan fingerprint density at radius 3 is 2.72 bits per heavy atom. The van der Waals surface area contributed by atoms with Crippen molar-refractivity contribution in [2.45, 2.75) is 19.3 Å². The highest BCUT2D eigenvalue weighted by Crippen LogP contribution is 2.40. The minimum absolute atomic E-state index is 0.0262. The van der Waals surface area contributed by atoms with Crippen molar-refractivity contribution >= 4 is 28.6 Å². The molecule has 3 aromatic heterocycles. The number of methoxy groups -OCH3 is 1. The maximum absolute atomic E-state index is 13.5. The Bertz CT molecular complexity index is 1520. The number of benzene rings is 1. The Morgan fingerprint density at radius 2 is 2.00 bits per heavy atom. The maximum atomic E-state index is 13.5. The molecule has 0 radical (unpaired) electrons. The number of halogens is 2. The van der Waals surface area contributed by atoms with Crippen LogP contribution in [0.4, 0.5) is 31.7 Å². The molecular formula is C26H21F2N7O. The topological polar surface area (TPSA) is 81.6 Å². The van der Waals surface area contributed by atoms with Gasteiger partial charge in [-0.05, 0) is 30.3 Å². The molecular weight excluding hydrogens is 464 g/mol. The summed E-state index contributed by atoms with van der Waals surface area (Å²) in [5.41, 5.74) is 4.95. The van der Waals surface area contributed by atoms with E-state index < -0.39 is 6.43 Å². The number of nitrogens with one attached hydrogen (secondary N) is 1. The van der Waals surface area contributed by atoms with E-state index >= 15 is 0 Å². The number of nitrogens with zero attached hydrogens (tertiary/aromatic N) is 6. The van der Waals surface area contributed by atoms with Crippen LogP contribution in [0.5, 0.6) is 5.75 Å². The fourth-order valence-corrected chi connectivity index (χ4v) is 4.11. The van der Waals surface area contributed by atoms with Gasteiger partial charge in [0.05, 0.1) is 60.2 Å². The average molecular weight is 485 g/mol. The maximum Gasteiger partial charge on any atom is 0.277 e. The first-order chi connectivity index (χ1) is 17.4. The molecule has 10 heteroatoms. The van der Waals surface area contributed by atoms with E-state index in [0.717, 1.165) is 11.3 Å². The van der Waals surface area contributed by atoms with Crippen LogP contribution in [0.25, 0.3) is 16.1 Å². The van der Waals surface area contributed by atoms with E-state index in [9.17, 15) is 8.78 Å². The fourth-order valence-electron chi connectivity index (χ4n) is 4.11. The molecule has 0 saturated heterocycles. The van der Waals surface area contributed by atoms with E-state index in [0.29, 0.717) is 46.3 Å². The zero-order chi connectivity index (χ0) is 25.2. The van der Waals surface area contributed by atoms with Crippen molar-refractivity contribution in [3.8, 4) is 17.0 Å². The van der Waals surface area contributed by atoms with Crippen molar-refractivity contribution in [2.24, 2.45) is 12.0 Å². The lowest BCUT2D eigenvalue weighted by atomic mass is 10.1. The van der Waals surface area contributed by atoms with Crippen molar-refractivity contribution in [2.75, 3.05) is 12.4 Å². The molecule has 36 heavy (non-hydrogen) atoms. The number of aryl methyl sites for hydroxylation is 1. The van der Waals surface area contributed by atoms with E-state index in [2.05, 4.69) is 30.1 Å².